The number of thiophene rings is 1. The van der Waals surface area contributed by atoms with Crippen molar-refractivity contribution in [3.63, 3.8) is 0 Å². The molecule has 0 aliphatic carbocycles. The standard InChI is InChI=1S/C16H17N3OS/c20-16-15-10-18(7-12-2-1-4-17-6-12)8-13(15)9-19(16)14-3-5-21-11-14/h1-6,11,13,15H,7-10H2/t13-,15-/m1/s1. The minimum Gasteiger partial charge on any atom is -0.311 e. The first kappa shape index (κ1) is 13.0. The van der Waals surface area contributed by atoms with Crippen LogP contribution in [0.25, 0.3) is 0 Å². The van der Waals surface area contributed by atoms with E-state index in [0.717, 1.165) is 31.9 Å². The zero-order chi connectivity index (χ0) is 14.2. The number of hydrogen-bond donors (Lipinski definition) is 0. The molecule has 1 amide bonds. The highest BCUT2D eigenvalue weighted by atomic mass is 32.1. The maximum Gasteiger partial charge on any atom is 0.231 e. The van der Waals surface area contributed by atoms with Gasteiger partial charge in [-0.05, 0) is 23.1 Å². The van der Waals surface area contributed by atoms with E-state index in [9.17, 15) is 4.79 Å². The molecule has 2 atom stereocenters. The van der Waals surface area contributed by atoms with Crippen LogP contribution in [0, 0.1) is 11.8 Å². The van der Waals surface area contributed by atoms with Gasteiger partial charge in [-0.15, -0.1) is 0 Å². The van der Waals surface area contributed by atoms with Gasteiger partial charge in [-0.2, -0.15) is 11.3 Å². The van der Waals surface area contributed by atoms with Crippen LogP contribution in [-0.4, -0.2) is 35.4 Å². The van der Waals surface area contributed by atoms with E-state index in [1.165, 1.54) is 5.56 Å². The molecule has 0 bridgehead atoms. The second-order valence-corrected chi connectivity index (χ2v) is 6.63. The van der Waals surface area contributed by atoms with E-state index in [1.54, 1.807) is 17.5 Å². The minimum absolute atomic E-state index is 0.168. The van der Waals surface area contributed by atoms with Gasteiger partial charge in [0.25, 0.3) is 0 Å². The summed E-state index contributed by atoms with van der Waals surface area (Å²) in [6.45, 7) is 3.64. The molecule has 2 aromatic heterocycles. The zero-order valence-electron chi connectivity index (χ0n) is 11.7. The highest BCUT2D eigenvalue weighted by molar-refractivity contribution is 7.08. The van der Waals surface area contributed by atoms with Crippen LogP contribution in [0.1, 0.15) is 5.56 Å². The summed E-state index contributed by atoms with van der Waals surface area (Å²) < 4.78 is 0. The zero-order valence-corrected chi connectivity index (χ0v) is 12.5. The number of fused-ring (bicyclic) bond motifs is 1. The van der Waals surface area contributed by atoms with Crippen LogP contribution in [0.15, 0.2) is 41.4 Å². The summed E-state index contributed by atoms with van der Waals surface area (Å²) in [7, 11) is 0. The van der Waals surface area contributed by atoms with E-state index >= 15 is 0 Å². The van der Waals surface area contributed by atoms with Crippen molar-refractivity contribution in [2.24, 2.45) is 11.8 Å². The number of carbonyl (C=O) groups is 1. The molecule has 0 spiro atoms. The molecule has 108 valence electrons. The number of carbonyl (C=O) groups excluding carboxylic acids is 1. The monoisotopic (exact) mass is 299 g/mol. The van der Waals surface area contributed by atoms with Crippen LogP contribution in [0.5, 0.6) is 0 Å². The Hall–Kier alpha value is -1.72. The lowest BCUT2D eigenvalue weighted by atomic mass is 10.0. The predicted molar refractivity (Wildman–Crippen MR) is 83.2 cm³/mol. The molecule has 2 aliphatic rings. The van der Waals surface area contributed by atoms with Crippen molar-refractivity contribution in [3.8, 4) is 0 Å². The molecule has 5 heteroatoms. The van der Waals surface area contributed by atoms with Gasteiger partial charge in [-0.3, -0.25) is 14.7 Å². The normalized spacial score (nSPS) is 25.5. The first-order valence-corrected chi connectivity index (χ1v) is 8.20. The minimum atomic E-state index is 0.168. The lowest BCUT2D eigenvalue weighted by molar-refractivity contribution is -0.120. The van der Waals surface area contributed by atoms with Gasteiger partial charge in [0.15, 0.2) is 0 Å². The molecule has 0 radical (unpaired) electrons. The molecule has 0 N–H and O–H groups in total. The molecule has 0 saturated carbocycles. The van der Waals surface area contributed by atoms with Crippen molar-refractivity contribution in [2.75, 3.05) is 24.5 Å². The topological polar surface area (TPSA) is 36.4 Å². The molecule has 2 fully saturated rings. The molecular weight excluding hydrogens is 282 g/mol. The molecule has 0 unspecified atom stereocenters. The second kappa shape index (κ2) is 5.24. The molecular formula is C16H17N3OS. The van der Waals surface area contributed by atoms with Crippen LogP contribution >= 0.6 is 11.3 Å². The van der Waals surface area contributed by atoms with Crippen LogP contribution in [-0.2, 0) is 11.3 Å². The molecule has 21 heavy (non-hydrogen) atoms. The average molecular weight is 299 g/mol. The van der Waals surface area contributed by atoms with Gasteiger partial charge >= 0.3 is 0 Å². The number of likely N-dealkylation sites (tertiary alicyclic amines) is 1. The predicted octanol–water partition coefficient (Wildman–Crippen LogP) is 2.24. The highest BCUT2D eigenvalue weighted by Gasteiger charge is 2.46. The van der Waals surface area contributed by atoms with Gasteiger partial charge in [0, 0.05) is 49.9 Å². The first-order valence-electron chi connectivity index (χ1n) is 7.26. The highest BCUT2D eigenvalue weighted by Crippen LogP contribution is 2.36. The average Bonchev–Trinajstić information content (AvgIpc) is 3.19. The van der Waals surface area contributed by atoms with Crippen LogP contribution < -0.4 is 4.90 Å². The van der Waals surface area contributed by atoms with E-state index in [1.807, 2.05) is 28.6 Å². The molecule has 2 aromatic rings. The Kier molecular flexibility index (Phi) is 3.24. The van der Waals surface area contributed by atoms with Crippen LogP contribution in [0.4, 0.5) is 5.69 Å². The van der Waals surface area contributed by atoms with Crippen molar-refractivity contribution in [1.82, 2.24) is 9.88 Å². The third-order valence-corrected chi connectivity index (χ3v) is 5.13. The molecule has 2 saturated heterocycles. The van der Waals surface area contributed by atoms with Gasteiger partial charge in [0.05, 0.1) is 11.6 Å². The number of pyridine rings is 1. The number of hydrogen-bond acceptors (Lipinski definition) is 4. The lowest BCUT2D eigenvalue weighted by Crippen LogP contribution is -2.32. The fourth-order valence-corrected chi connectivity index (χ4v) is 4.11. The smallest absolute Gasteiger partial charge is 0.231 e. The number of rotatable bonds is 3. The molecule has 4 heterocycles. The Morgan fingerprint density at radius 1 is 1.29 bits per heavy atom. The maximum atomic E-state index is 12.6. The van der Waals surface area contributed by atoms with Crippen LogP contribution in [0.2, 0.25) is 0 Å². The SMILES string of the molecule is O=C1[C@@H]2CN(Cc3cccnc3)C[C@@H]2CN1c1ccsc1. The van der Waals surface area contributed by atoms with Gasteiger partial charge in [-0.1, -0.05) is 6.07 Å². The van der Waals surface area contributed by atoms with Crippen molar-refractivity contribution < 1.29 is 4.79 Å². The van der Waals surface area contributed by atoms with E-state index in [2.05, 4.69) is 21.3 Å². The summed E-state index contributed by atoms with van der Waals surface area (Å²) in [5, 5.41) is 4.10. The van der Waals surface area contributed by atoms with Gasteiger partial charge in [0.2, 0.25) is 5.91 Å². The Labute approximate surface area is 128 Å². The summed E-state index contributed by atoms with van der Waals surface area (Å²) in [5.74, 6) is 0.933. The summed E-state index contributed by atoms with van der Waals surface area (Å²) in [6.07, 6.45) is 3.71. The summed E-state index contributed by atoms with van der Waals surface area (Å²) in [4.78, 5) is 21.1. The lowest BCUT2D eigenvalue weighted by Gasteiger charge is -2.20. The maximum absolute atomic E-state index is 12.6. The van der Waals surface area contributed by atoms with Crippen LogP contribution in [0.3, 0.4) is 0 Å². The first-order chi connectivity index (χ1) is 10.3. The second-order valence-electron chi connectivity index (χ2n) is 5.85. The van der Waals surface area contributed by atoms with Crippen molar-refractivity contribution in [2.45, 2.75) is 6.54 Å². The third-order valence-electron chi connectivity index (χ3n) is 4.46. The van der Waals surface area contributed by atoms with Crippen molar-refractivity contribution in [1.29, 1.82) is 0 Å². The summed E-state index contributed by atoms with van der Waals surface area (Å²) in [5.41, 5.74) is 2.29. The number of aromatic nitrogens is 1. The van der Waals surface area contributed by atoms with E-state index in [4.69, 9.17) is 0 Å². The Balaban J connectivity index is 1.44. The third kappa shape index (κ3) is 2.36. The number of amides is 1. The van der Waals surface area contributed by atoms with Crippen molar-refractivity contribution in [3.05, 3.63) is 46.9 Å². The van der Waals surface area contributed by atoms with Crippen molar-refractivity contribution >= 4 is 22.9 Å². The van der Waals surface area contributed by atoms with E-state index < -0.39 is 0 Å². The fraction of sp³-hybridized carbons (Fsp3) is 0.375. The van der Waals surface area contributed by atoms with Gasteiger partial charge in [-0.25, -0.2) is 0 Å². The fourth-order valence-electron chi connectivity index (χ4n) is 3.47. The quantitative estimate of drug-likeness (QED) is 0.872. The Morgan fingerprint density at radius 2 is 2.24 bits per heavy atom. The molecule has 0 aromatic carbocycles. The summed E-state index contributed by atoms with van der Waals surface area (Å²) >= 11 is 1.65. The molecule has 4 rings (SSSR count). The molecule has 2 aliphatic heterocycles. The largest absolute Gasteiger partial charge is 0.311 e. The van der Waals surface area contributed by atoms with E-state index in [-0.39, 0.29) is 5.92 Å². The summed E-state index contributed by atoms with van der Waals surface area (Å²) in [6, 6.07) is 6.10. The Morgan fingerprint density at radius 3 is 2.95 bits per heavy atom. The van der Waals surface area contributed by atoms with Gasteiger partial charge in [0.1, 0.15) is 0 Å². The molecule has 4 nitrogen and oxygen atoms in total. The number of anilines is 1. The van der Waals surface area contributed by atoms with Gasteiger partial charge < -0.3 is 4.90 Å². The van der Waals surface area contributed by atoms with E-state index in [0.29, 0.717) is 11.8 Å². The Bertz CT molecular complexity index is 628. The number of nitrogens with zero attached hydrogens (tertiary/aromatic N) is 3.